The SMILES string of the molecule is O=C1CC=C2C=NC=CN12. The van der Waals surface area contributed by atoms with Crippen molar-refractivity contribution < 1.29 is 4.79 Å². The van der Waals surface area contributed by atoms with Crippen molar-refractivity contribution in [3.8, 4) is 0 Å². The number of rotatable bonds is 0. The summed E-state index contributed by atoms with van der Waals surface area (Å²) in [7, 11) is 0. The minimum absolute atomic E-state index is 0.123. The average molecular weight is 134 g/mol. The van der Waals surface area contributed by atoms with Gasteiger partial charge in [0.15, 0.2) is 0 Å². The van der Waals surface area contributed by atoms with Gasteiger partial charge in [0.05, 0.1) is 11.9 Å². The number of fused-ring (bicyclic) bond motifs is 1. The first-order valence-corrected chi connectivity index (χ1v) is 3.10. The summed E-state index contributed by atoms with van der Waals surface area (Å²) in [6.45, 7) is 0. The van der Waals surface area contributed by atoms with Crippen molar-refractivity contribution in [1.29, 1.82) is 0 Å². The van der Waals surface area contributed by atoms with Crippen molar-refractivity contribution in [2.45, 2.75) is 6.42 Å². The van der Waals surface area contributed by atoms with Gasteiger partial charge in [0, 0.05) is 18.8 Å². The molecule has 0 aromatic heterocycles. The summed E-state index contributed by atoms with van der Waals surface area (Å²) in [5.74, 6) is 0.123. The van der Waals surface area contributed by atoms with Gasteiger partial charge in [-0.15, -0.1) is 0 Å². The molecule has 3 nitrogen and oxygen atoms in total. The Morgan fingerprint density at radius 2 is 2.50 bits per heavy atom. The highest BCUT2D eigenvalue weighted by Gasteiger charge is 2.20. The number of aliphatic imine (C=N–C) groups is 1. The van der Waals surface area contributed by atoms with Crippen LogP contribution in [0.15, 0.2) is 29.2 Å². The Balaban J connectivity index is 2.39. The molecule has 2 aliphatic rings. The topological polar surface area (TPSA) is 32.7 Å². The molecule has 0 aromatic carbocycles. The molecule has 3 heteroatoms. The smallest absolute Gasteiger partial charge is 0.235 e. The summed E-state index contributed by atoms with van der Waals surface area (Å²) in [5.41, 5.74) is 0.896. The van der Waals surface area contributed by atoms with Gasteiger partial charge in [0.1, 0.15) is 0 Å². The first-order chi connectivity index (χ1) is 4.88. The largest absolute Gasteiger partial charge is 0.285 e. The van der Waals surface area contributed by atoms with Crippen LogP contribution in [0.2, 0.25) is 0 Å². The fraction of sp³-hybridized carbons (Fsp3) is 0.143. The molecule has 2 heterocycles. The van der Waals surface area contributed by atoms with Crippen molar-refractivity contribution in [1.82, 2.24) is 4.90 Å². The van der Waals surface area contributed by atoms with Gasteiger partial charge in [-0.25, -0.2) is 0 Å². The molecule has 0 aromatic rings. The van der Waals surface area contributed by atoms with E-state index in [4.69, 9.17) is 0 Å². The zero-order valence-electron chi connectivity index (χ0n) is 5.32. The van der Waals surface area contributed by atoms with E-state index in [0.29, 0.717) is 6.42 Å². The Morgan fingerprint density at radius 3 is 3.30 bits per heavy atom. The highest BCUT2D eigenvalue weighted by atomic mass is 16.2. The van der Waals surface area contributed by atoms with E-state index >= 15 is 0 Å². The molecule has 0 atom stereocenters. The molecule has 2 aliphatic heterocycles. The lowest BCUT2D eigenvalue weighted by molar-refractivity contribution is -0.124. The number of carbonyl (C=O) groups excluding carboxylic acids is 1. The van der Waals surface area contributed by atoms with Crippen LogP contribution in [0.1, 0.15) is 6.42 Å². The van der Waals surface area contributed by atoms with Crippen LogP contribution >= 0.6 is 0 Å². The second kappa shape index (κ2) is 1.80. The van der Waals surface area contributed by atoms with Crippen LogP contribution in [-0.2, 0) is 4.79 Å². The maximum Gasteiger partial charge on any atom is 0.235 e. The fourth-order valence-corrected chi connectivity index (χ4v) is 1.04. The third kappa shape index (κ3) is 0.603. The quantitative estimate of drug-likeness (QED) is 0.479. The number of carbonyl (C=O) groups is 1. The molecule has 0 radical (unpaired) electrons. The number of hydrogen-bond acceptors (Lipinski definition) is 2. The van der Waals surface area contributed by atoms with E-state index in [9.17, 15) is 4.79 Å². The Labute approximate surface area is 58.4 Å². The van der Waals surface area contributed by atoms with Gasteiger partial charge in [0.2, 0.25) is 5.91 Å². The third-order valence-corrected chi connectivity index (χ3v) is 1.54. The maximum absolute atomic E-state index is 11.0. The Morgan fingerprint density at radius 1 is 1.60 bits per heavy atom. The van der Waals surface area contributed by atoms with E-state index in [1.807, 2.05) is 6.08 Å². The van der Waals surface area contributed by atoms with Crippen LogP contribution in [0, 0.1) is 0 Å². The number of allylic oxidation sites excluding steroid dienone is 1. The molecule has 0 N–H and O–H groups in total. The predicted octanol–water partition coefficient (Wildman–Crippen LogP) is 0.658. The lowest BCUT2D eigenvalue weighted by atomic mass is 10.4. The normalized spacial score (nSPS) is 21.4. The lowest BCUT2D eigenvalue weighted by Crippen LogP contribution is -2.20. The Kier molecular flexibility index (Phi) is 0.974. The number of amides is 1. The maximum atomic E-state index is 11.0. The van der Waals surface area contributed by atoms with Crippen LogP contribution < -0.4 is 0 Å². The van der Waals surface area contributed by atoms with Gasteiger partial charge in [-0.1, -0.05) is 0 Å². The molecule has 50 valence electrons. The van der Waals surface area contributed by atoms with Gasteiger partial charge >= 0.3 is 0 Å². The first-order valence-electron chi connectivity index (χ1n) is 3.10. The zero-order valence-corrected chi connectivity index (χ0v) is 5.32. The van der Waals surface area contributed by atoms with Gasteiger partial charge in [-0.2, -0.15) is 0 Å². The Hall–Kier alpha value is -1.38. The molecule has 0 saturated carbocycles. The second-order valence-corrected chi connectivity index (χ2v) is 2.17. The van der Waals surface area contributed by atoms with Crippen molar-refractivity contribution in [3.63, 3.8) is 0 Å². The molecule has 0 saturated heterocycles. The average Bonchev–Trinajstić information content (AvgIpc) is 2.34. The number of nitrogens with zero attached hydrogens (tertiary/aromatic N) is 2. The summed E-state index contributed by atoms with van der Waals surface area (Å²) >= 11 is 0. The van der Waals surface area contributed by atoms with Crippen molar-refractivity contribution in [2.24, 2.45) is 4.99 Å². The molecule has 2 rings (SSSR count). The van der Waals surface area contributed by atoms with Crippen molar-refractivity contribution in [3.05, 3.63) is 24.2 Å². The van der Waals surface area contributed by atoms with E-state index in [0.717, 1.165) is 5.70 Å². The minimum atomic E-state index is 0.123. The van der Waals surface area contributed by atoms with E-state index < -0.39 is 0 Å². The van der Waals surface area contributed by atoms with Gasteiger partial charge in [-0.05, 0) is 6.08 Å². The highest BCUT2D eigenvalue weighted by Crippen LogP contribution is 2.17. The minimum Gasteiger partial charge on any atom is -0.285 e. The van der Waals surface area contributed by atoms with Crippen molar-refractivity contribution >= 4 is 12.1 Å². The molecular formula is C7H6N2O. The third-order valence-electron chi connectivity index (χ3n) is 1.54. The van der Waals surface area contributed by atoms with Gasteiger partial charge in [0.25, 0.3) is 0 Å². The summed E-state index contributed by atoms with van der Waals surface area (Å²) in [4.78, 5) is 16.5. The summed E-state index contributed by atoms with van der Waals surface area (Å²) < 4.78 is 0. The van der Waals surface area contributed by atoms with Gasteiger partial charge in [-0.3, -0.25) is 14.7 Å². The predicted molar refractivity (Wildman–Crippen MR) is 37.2 cm³/mol. The van der Waals surface area contributed by atoms with Gasteiger partial charge < -0.3 is 0 Å². The monoisotopic (exact) mass is 134 g/mol. The van der Waals surface area contributed by atoms with Crippen LogP contribution in [0.25, 0.3) is 0 Å². The van der Waals surface area contributed by atoms with E-state index in [1.54, 1.807) is 23.5 Å². The summed E-state index contributed by atoms with van der Waals surface area (Å²) in [6.07, 6.45) is 7.35. The van der Waals surface area contributed by atoms with Crippen LogP contribution in [0.5, 0.6) is 0 Å². The molecule has 0 spiro atoms. The molecule has 0 aliphatic carbocycles. The zero-order chi connectivity index (χ0) is 6.97. The standard InChI is InChI=1S/C7H6N2O/c10-7-2-1-6-5-8-3-4-9(6)7/h1,3-5H,2H2. The molecular weight excluding hydrogens is 128 g/mol. The molecule has 10 heavy (non-hydrogen) atoms. The fourth-order valence-electron chi connectivity index (χ4n) is 1.04. The van der Waals surface area contributed by atoms with E-state index in [-0.39, 0.29) is 5.91 Å². The molecule has 0 unspecified atom stereocenters. The summed E-state index contributed by atoms with van der Waals surface area (Å²) in [6, 6.07) is 0. The highest BCUT2D eigenvalue weighted by molar-refractivity contribution is 5.94. The van der Waals surface area contributed by atoms with Crippen LogP contribution in [0.3, 0.4) is 0 Å². The lowest BCUT2D eigenvalue weighted by Gasteiger charge is -2.13. The molecule has 0 bridgehead atoms. The van der Waals surface area contributed by atoms with E-state index in [1.165, 1.54) is 0 Å². The van der Waals surface area contributed by atoms with Crippen LogP contribution in [-0.4, -0.2) is 17.0 Å². The molecule has 0 fully saturated rings. The molecule has 1 amide bonds. The van der Waals surface area contributed by atoms with E-state index in [2.05, 4.69) is 4.99 Å². The second-order valence-electron chi connectivity index (χ2n) is 2.17. The Bertz CT molecular complexity index is 263. The summed E-state index contributed by atoms with van der Waals surface area (Å²) in [5, 5.41) is 0. The first kappa shape index (κ1) is 5.41. The number of hydrogen-bond donors (Lipinski definition) is 0. The van der Waals surface area contributed by atoms with Crippen molar-refractivity contribution in [2.75, 3.05) is 0 Å². The van der Waals surface area contributed by atoms with Crippen LogP contribution in [0.4, 0.5) is 0 Å².